The first kappa shape index (κ1) is 20.8. The topological polar surface area (TPSA) is 89.3 Å². The standard InChI is InChI=1S/C9H14N2O2.2C2H6/c1-3-5-6(7(10)4-2)8(11)9(12)13;2*1-2/h3-5,8H,1,10-11H2,2H3,(H,12,13);2*1-2H3/b6-5+,7-4+;;. The lowest BCUT2D eigenvalue weighted by Crippen LogP contribution is -2.34. The summed E-state index contributed by atoms with van der Waals surface area (Å²) in [5.74, 6) is -1.11. The van der Waals surface area contributed by atoms with Gasteiger partial charge in [0.2, 0.25) is 0 Å². The molecule has 100 valence electrons. The average Bonchev–Trinajstić information content (AvgIpc) is 2.38. The first-order valence-corrected chi connectivity index (χ1v) is 5.77. The van der Waals surface area contributed by atoms with E-state index in [1.165, 1.54) is 12.2 Å². The Morgan fingerprint density at radius 3 is 1.94 bits per heavy atom. The Kier molecular flexibility index (Phi) is 17.7. The molecule has 5 N–H and O–H groups in total. The minimum absolute atomic E-state index is 0.356. The van der Waals surface area contributed by atoms with Crippen LogP contribution in [0, 0.1) is 0 Å². The molecule has 0 radical (unpaired) electrons. The van der Waals surface area contributed by atoms with E-state index in [0.29, 0.717) is 11.3 Å². The Balaban J connectivity index is -0.000000439. The van der Waals surface area contributed by atoms with Crippen molar-refractivity contribution >= 4 is 5.97 Å². The van der Waals surface area contributed by atoms with Crippen molar-refractivity contribution in [3.8, 4) is 0 Å². The van der Waals surface area contributed by atoms with Crippen LogP contribution in [0.5, 0.6) is 0 Å². The van der Waals surface area contributed by atoms with Crippen LogP contribution in [-0.2, 0) is 4.79 Å². The molecule has 0 bridgehead atoms. The number of hydrogen-bond acceptors (Lipinski definition) is 3. The van der Waals surface area contributed by atoms with Crippen LogP contribution in [-0.4, -0.2) is 17.1 Å². The fraction of sp³-hybridized carbons (Fsp3) is 0.462. The van der Waals surface area contributed by atoms with Gasteiger partial charge in [0.15, 0.2) is 0 Å². The number of carboxylic acid groups (broad SMARTS) is 1. The summed E-state index contributed by atoms with van der Waals surface area (Å²) in [5.41, 5.74) is 11.7. The van der Waals surface area contributed by atoms with E-state index in [4.69, 9.17) is 16.6 Å². The van der Waals surface area contributed by atoms with E-state index in [9.17, 15) is 4.79 Å². The molecule has 0 amide bonds. The van der Waals surface area contributed by atoms with Crippen molar-refractivity contribution in [2.24, 2.45) is 11.5 Å². The van der Waals surface area contributed by atoms with Crippen molar-refractivity contribution in [1.82, 2.24) is 0 Å². The quantitative estimate of drug-likeness (QED) is 0.660. The van der Waals surface area contributed by atoms with Crippen molar-refractivity contribution < 1.29 is 9.90 Å². The van der Waals surface area contributed by atoms with Gasteiger partial charge in [0.1, 0.15) is 6.04 Å². The van der Waals surface area contributed by atoms with Gasteiger partial charge in [-0.25, -0.2) is 0 Å². The average molecular weight is 242 g/mol. The molecule has 4 nitrogen and oxygen atoms in total. The van der Waals surface area contributed by atoms with Crippen LogP contribution in [0.4, 0.5) is 0 Å². The summed E-state index contributed by atoms with van der Waals surface area (Å²) in [6, 6.07) is -1.10. The molecule has 0 aliphatic heterocycles. The van der Waals surface area contributed by atoms with Crippen LogP contribution in [0.15, 0.2) is 36.1 Å². The molecule has 0 aliphatic carbocycles. The first-order chi connectivity index (χ1) is 8.04. The Morgan fingerprint density at radius 2 is 1.71 bits per heavy atom. The molecule has 17 heavy (non-hydrogen) atoms. The van der Waals surface area contributed by atoms with Crippen LogP contribution in [0.25, 0.3) is 0 Å². The van der Waals surface area contributed by atoms with Crippen LogP contribution in [0.3, 0.4) is 0 Å². The fourth-order valence-electron chi connectivity index (χ4n) is 0.806. The van der Waals surface area contributed by atoms with E-state index in [-0.39, 0.29) is 0 Å². The van der Waals surface area contributed by atoms with Crippen LogP contribution >= 0.6 is 0 Å². The van der Waals surface area contributed by atoms with Crippen molar-refractivity contribution in [1.29, 1.82) is 0 Å². The molecule has 0 spiro atoms. The Labute approximate surface area is 105 Å². The maximum Gasteiger partial charge on any atom is 0.325 e. The summed E-state index contributed by atoms with van der Waals surface area (Å²) in [7, 11) is 0. The van der Waals surface area contributed by atoms with Gasteiger partial charge >= 0.3 is 5.97 Å². The van der Waals surface area contributed by atoms with E-state index in [0.717, 1.165) is 0 Å². The summed E-state index contributed by atoms with van der Waals surface area (Å²) >= 11 is 0. The van der Waals surface area contributed by atoms with Gasteiger partial charge < -0.3 is 16.6 Å². The number of nitrogens with two attached hydrogens (primary N) is 2. The van der Waals surface area contributed by atoms with Crippen molar-refractivity contribution in [3.05, 3.63) is 36.1 Å². The van der Waals surface area contributed by atoms with Crippen molar-refractivity contribution in [3.63, 3.8) is 0 Å². The molecule has 1 unspecified atom stereocenters. The van der Waals surface area contributed by atoms with Crippen LogP contribution in [0.2, 0.25) is 0 Å². The van der Waals surface area contributed by atoms with Gasteiger partial charge in [0, 0.05) is 11.3 Å². The molecule has 0 heterocycles. The summed E-state index contributed by atoms with van der Waals surface area (Å²) in [5, 5.41) is 8.64. The van der Waals surface area contributed by atoms with E-state index in [1.54, 1.807) is 13.0 Å². The smallest absolute Gasteiger partial charge is 0.325 e. The second-order valence-electron chi connectivity index (χ2n) is 2.42. The van der Waals surface area contributed by atoms with Gasteiger partial charge in [-0.2, -0.15) is 0 Å². The van der Waals surface area contributed by atoms with E-state index in [1.807, 2.05) is 27.7 Å². The number of allylic oxidation sites excluding steroid dienone is 3. The zero-order chi connectivity index (χ0) is 14.4. The lowest BCUT2D eigenvalue weighted by Gasteiger charge is -2.11. The van der Waals surface area contributed by atoms with Crippen LogP contribution < -0.4 is 11.5 Å². The molecule has 0 aromatic carbocycles. The minimum atomic E-state index is -1.11. The third-order valence-electron chi connectivity index (χ3n) is 1.54. The highest BCUT2D eigenvalue weighted by Crippen LogP contribution is 2.08. The maximum absolute atomic E-state index is 10.6. The number of rotatable bonds is 4. The summed E-state index contributed by atoms with van der Waals surface area (Å²) in [6.45, 7) is 13.2. The SMILES string of the molecule is C=C/C=C(\C(N)=C/C)C(N)C(=O)O.CC.CC. The molecular formula is C13H26N2O2. The van der Waals surface area contributed by atoms with Gasteiger partial charge in [-0.15, -0.1) is 0 Å². The van der Waals surface area contributed by atoms with Gasteiger partial charge in [-0.1, -0.05) is 52.5 Å². The lowest BCUT2D eigenvalue weighted by molar-refractivity contribution is -0.137. The largest absolute Gasteiger partial charge is 0.480 e. The Hall–Kier alpha value is -1.55. The molecule has 0 aliphatic rings. The molecule has 1 atom stereocenters. The molecule has 0 aromatic rings. The highest BCUT2D eigenvalue weighted by molar-refractivity contribution is 5.78. The molecule has 4 heteroatoms. The van der Waals surface area contributed by atoms with Crippen molar-refractivity contribution in [2.45, 2.75) is 40.7 Å². The highest BCUT2D eigenvalue weighted by atomic mass is 16.4. The number of hydrogen-bond donors (Lipinski definition) is 3. The molecular weight excluding hydrogens is 216 g/mol. The second-order valence-corrected chi connectivity index (χ2v) is 2.42. The molecule has 0 saturated carbocycles. The second kappa shape index (κ2) is 14.5. The zero-order valence-corrected chi connectivity index (χ0v) is 11.5. The lowest BCUT2D eigenvalue weighted by atomic mass is 10.0. The van der Waals surface area contributed by atoms with Gasteiger partial charge in [-0.3, -0.25) is 4.79 Å². The van der Waals surface area contributed by atoms with E-state index >= 15 is 0 Å². The predicted octanol–water partition coefficient (Wildman–Crippen LogP) is 2.43. The molecule has 0 fully saturated rings. The van der Waals surface area contributed by atoms with Gasteiger partial charge in [0.25, 0.3) is 0 Å². The van der Waals surface area contributed by atoms with E-state index < -0.39 is 12.0 Å². The predicted molar refractivity (Wildman–Crippen MR) is 74.5 cm³/mol. The third-order valence-corrected chi connectivity index (χ3v) is 1.54. The minimum Gasteiger partial charge on any atom is -0.480 e. The number of aliphatic carboxylic acids is 1. The number of carboxylic acids is 1. The summed E-state index contributed by atoms with van der Waals surface area (Å²) < 4.78 is 0. The molecule has 0 saturated heterocycles. The summed E-state index contributed by atoms with van der Waals surface area (Å²) in [4.78, 5) is 10.6. The van der Waals surface area contributed by atoms with E-state index in [2.05, 4.69) is 6.58 Å². The molecule has 0 rings (SSSR count). The van der Waals surface area contributed by atoms with Crippen LogP contribution in [0.1, 0.15) is 34.6 Å². The monoisotopic (exact) mass is 242 g/mol. The Bertz CT molecular complexity index is 269. The normalized spacial score (nSPS) is 12.4. The fourth-order valence-corrected chi connectivity index (χ4v) is 0.806. The highest BCUT2D eigenvalue weighted by Gasteiger charge is 2.17. The summed E-state index contributed by atoms with van der Waals surface area (Å²) in [6.07, 6.45) is 4.54. The third kappa shape index (κ3) is 9.38. The van der Waals surface area contributed by atoms with Gasteiger partial charge in [0.05, 0.1) is 0 Å². The van der Waals surface area contributed by atoms with Crippen molar-refractivity contribution in [2.75, 3.05) is 0 Å². The number of carbonyl (C=O) groups is 1. The van der Waals surface area contributed by atoms with Gasteiger partial charge in [-0.05, 0) is 6.92 Å². The molecule has 0 aromatic heterocycles. The first-order valence-electron chi connectivity index (χ1n) is 5.77. The Morgan fingerprint density at radius 1 is 1.29 bits per heavy atom. The maximum atomic E-state index is 10.6. The zero-order valence-electron chi connectivity index (χ0n) is 11.5.